The Balaban J connectivity index is 2.13. The lowest BCUT2D eigenvalue weighted by atomic mass is 9.92. The van der Waals surface area contributed by atoms with E-state index in [1.54, 1.807) is 0 Å². The van der Waals surface area contributed by atoms with Crippen LogP contribution in [0, 0.1) is 5.92 Å². The largest absolute Gasteiger partial charge is 0.389 e. The summed E-state index contributed by atoms with van der Waals surface area (Å²) in [6.45, 7) is 4.43. The summed E-state index contributed by atoms with van der Waals surface area (Å²) in [5.74, 6) is 0.877. The van der Waals surface area contributed by atoms with Gasteiger partial charge < -0.3 is 10.6 Å². The molecule has 2 rings (SSSR count). The van der Waals surface area contributed by atoms with Crippen molar-refractivity contribution in [2.24, 2.45) is 11.7 Å². The number of nitrogens with zero attached hydrogens (tertiary/aromatic N) is 1. The summed E-state index contributed by atoms with van der Waals surface area (Å²) in [5.41, 5.74) is 7.84. The van der Waals surface area contributed by atoms with Crippen LogP contribution in [0.4, 0.5) is 5.69 Å². The number of piperidine rings is 1. The molecule has 1 aromatic carbocycles. The molecule has 2 N–H and O–H groups in total. The van der Waals surface area contributed by atoms with Crippen LogP contribution in [0.15, 0.2) is 18.2 Å². The van der Waals surface area contributed by atoms with Crippen LogP contribution >= 0.6 is 23.8 Å². The van der Waals surface area contributed by atoms with Crippen molar-refractivity contribution >= 4 is 34.5 Å². The lowest BCUT2D eigenvalue weighted by molar-refractivity contribution is 0.378. The first-order valence-electron chi connectivity index (χ1n) is 6.96. The summed E-state index contributed by atoms with van der Waals surface area (Å²) in [6, 6.07) is 5.82. The quantitative estimate of drug-likeness (QED) is 0.852. The monoisotopic (exact) mass is 296 g/mol. The molecule has 104 valence electrons. The van der Waals surface area contributed by atoms with Gasteiger partial charge in [-0.1, -0.05) is 43.6 Å². The lowest BCUT2D eigenvalue weighted by Crippen LogP contribution is -2.35. The minimum atomic E-state index is 0.424. The van der Waals surface area contributed by atoms with Gasteiger partial charge in [0.1, 0.15) is 4.99 Å². The summed E-state index contributed by atoms with van der Waals surface area (Å²) in [5, 5.41) is 0.687. The smallest absolute Gasteiger partial charge is 0.106 e. The Morgan fingerprint density at radius 3 is 2.68 bits per heavy atom. The maximum atomic E-state index is 6.03. The van der Waals surface area contributed by atoms with Gasteiger partial charge in [0.05, 0.1) is 0 Å². The van der Waals surface area contributed by atoms with E-state index in [0.29, 0.717) is 10.0 Å². The van der Waals surface area contributed by atoms with Crippen LogP contribution in [0.25, 0.3) is 0 Å². The topological polar surface area (TPSA) is 29.3 Å². The first kappa shape index (κ1) is 14.6. The zero-order valence-electron chi connectivity index (χ0n) is 11.4. The average Bonchev–Trinajstić information content (AvgIpc) is 2.40. The van der Waals surface area contributed by atoms with Crippen molar-refractivity contribution in [1.82, 2.24) is 0 Å². The fourth-order valence-corrected chi connectivity index (χ4v) is 3.19. The molecule has 1 aliphatic rings. The molecule has 0 unspecified atom stereocenters. The predicted octanol–water partition coefficient (Wildman–Crippen LogP) is 3.99. The van der Waals surface area contributed by atoms with Gasteiger partial charge in [0, 0.05) is 29.4 Å². The molecule has 4 heteroatoms. The van der Waals surface area contributed by atoms with E-state index in [1.165, 1.54) is 25.7 Å². The molecule has 0 spiro atoms. The molecule has 1 heterocycles. The number of benzene rings is 1. The maximum Gasteiger partial charge on any atom is 0.106 e. The van der Waals surface area contributed by atoms with E-state index in [4.69, 9.17) is 29.6 Å². The minimum absolute atomic E-state index is 0.424. The van der Waals surface area contributed by atoms with Gasteiger partial charge in [0.15, 0.2) is 0 Å². The minimum Gasteiger partial charge on any atom is -0.389 e. The first-order chi connectivity index (χ1) is 9.11. The van der Waals surface area contributed by atoms with E-state index in [2.05, 4.69) is 11.8 Å². The van der Waals surface area contributed by atoms with Crippen molar-refractivity contribution in [1.29, 1.82) is 0 Å². The van der Waals surface area contributed by atoms with Gasteiger partial charge in [-0.05, 0) is 37.0 Å². The number of nitrogens with two attached hydrogens (primary N) is 1. The van der Waals surface area contributed by atoms with Crippen molar-refractivity contribution in [3.63, 3.8) is 0 Å². The molecule has 19 heavy (non-hydrogen) atoms. The third-order valence-electron chi connectivity index (χ3n) is 3.88. The fourth-order valence-electron chi connectivity index (χ4n) is 2.85. The molecule has 1 saturated heterocycles. The van der Waals surface area contributed by atoms with E-state index in [1.807, 2.05) is 18.2 Å². The molecular weight excluding hydrogens is 276 g/mol. The zero-order chi connectivity index (χ0) is 13.8. The molecule has 0 atom stereocenters. The van der Waals surface area contributed by atoms with Gasteiger partial charge in [0.25, 0.3) is 0 Å². The molecule has 0 saturated carbocycles. The molecular formula is C15H21ClN2S. The standard InChI is InChI=1S/C15H21ClN2S/c1-2-3-11-6-8-18(9-7-11)14-5-4-12(16)10-13(14)15(17)19/h4-5,10-11H,2-3,6-9H2,1H3,(H2,17,19). The molecule has 0 radical (unpaired) electrons. The molecule has 1 aromatic rings. The van der Waals surface area contributed by atoms with Gasteiger partial charge in [-0.15, -0.1) is 0 Å². The summed E-state index contributed by atoms with van der Waals surface area (Å²) in [6.07, 6.45) is 5.14. The van der Waals surface area contributed by atoms with Gasteiger partial charge in [0.2, 0.25) is 0 Å². The van der Waals surface area contributed by atoms with Gasteiger partial charge in [-0.2, -0.15) is 0 Å². The number of hydrogen-bond donors (Lipinski definition) is 1. The van der Waals surface area contributed by atoms with Crippen molar-refractivity contribution in [3.05, 3.63) is 28.8 Å². The van der Waals surface area contributed by atoms with E-state index in [9.17, 15) is 0 Å². The molecule has 0 aliphatic carbocycles. The van der Waals surface area contributed by atoms with Crippen molar-refractivity contribution in [2.75, 3.05) is 18.0 Å². The highest BCUT2D eigenvalue weighted by Crippen LogP contribution is 2.29. The van der Waals surface area contributed by atoms with E-state index in [0.717, 1.165) is 30.3 Å². The fraction of sp³-hybridized carbons (Fsp3) is 0.533. The third-order valence-corrected chi connectivity index (χ3v) is 4.33. The van der Waals surface area contributed by atoms with Crippen LogP contribution in [-0.4, -0.2) is 18.1 Å². The lowest BCUT2D eigenvalue weighted by Gasteiger charge is -2.34. The summed E-state index contributed by atoms with van der Waals surface area (Å²) >= 11 is 11.2. The van der Waals surface area contributed by atoms with Crippen molar-refractivity contribution < 1.29 is 0 Å². The second kappa shape index (κ2) is 6.58. The second-order valence-electron chi connectivity index (χ2n) is 5.24. The number of rotatable bonds is 4. The Bertz CT molecular complexity index is 453. The summed E-state index contributed by atoms with van der Waals surface area (Å²) < 4.78 is 0. The highest BCUT2D eigenvalue weighted by Gasteiger charge is 2.21. The molecule has 1 aliphatic heterocycles. The predicted molar refractivity (Wildman–Crippen MR) is 87.2 cm³/mol. The van der Waals surface area contributed by atoms with E-state index < -0.39 is 0 Å². The van der Waals surface area contributed by atoms with Crippen LogP contribution < -0.4 is 10.6 Å². The Morgan fingerprint density at radius 1 is 1.42 bits per heavy atom. The maximum absolute atomic E-state index is 6.03. The Hall–Kier alpha value is -0.800. The average molecular weight is 297 g/mol. The summed E-state index contributed by atoms with van der Waals surface area (Å²) in [4.78, 5) is 2.81. The van der Waals surface area contributed by atoms with Crippen molar-refractivity contribution in [3.8, 4) is 0 Å². The number of halogens is 1. The molecule has 2 nitrogen and oxygen atoms in total. The number of hydrogen-bond acceptors (Lipinski definition) is 2. The van der Waals surface area contributed by atoms with Crippen LogP contribution in [0.1, 0.15) is 38.2 Å². The van der Waals surface area contributed by atoms with Gasteiger partial charge in [-0.3, -0.25) is 0 Å². The normalized spacial score (nSPS) is 16.6. The van der Waals surface area contributed by atoms with Crippen LogP contribution in [0.3, 0.4) is 0 Å². The van der Waals surface area contributed by atoms with Crippen LogP contribution in [0.5, 0.6) is 0 Å². The van der Waals surface area contributed by atoms with Crippen molar-refractivity contribution in [2.45, 2.75) is 32.6 Å². The van der Waals surface area contributed by atoms with Gasteiger partial charge >= 0.3 is 0 Å². The summed E-state index contributed by atoms with van der Waals surface area (Å²) in [7, 11) is 0. The van der Waals surface area contributed by atoms with Crippen LogP contribution in [0.2, 0.25) is 5.02 Å². The Labute approximate surface area is 125 Å². The second-order valence-corrected chi connectivity index (χ2v) is 6.12. The molecule has 0 amide bonds. The SMILES string of the molecule is CCCC1CCN(c2ccc(Cl)cc2C(N)=S)CC1. The number of anilines is 1. The highest BCUT2D eigenvalue weighted by molar-refractivity contribution is 7.80. The molecule has 0 aromatic heterocycles. The zero-order valence-corrected chi connectivity index (χ0v) is 12.9. The molecule has 0 bridgehead atoms. The van der Waals surface area contributed by atoms with E-state index in [-0.39, 0.29) is 0 Å². The third kappa shape index (κ3) is 3.61. The first-order valence-corrected chi connectivity index (χ1v) is 7.74. The molecule has 1 fully saturated rings. The Kier molecular flexibility index (Phi) is 5.06. The highest BCUT2D eigenvalue weighted by atomic mass is 35.5. The van der Waals surface area contributed by atoms with Crippen LogP contribution in [-0.2, 0) is 0 Å². The van der Waals surface area contributed by atoms with Gasteiger partial charge in [-0.25, -0.2) is 0 Å². The van der Waals surface area contributed by atoms with E-state index >= 15 is 0 Å². The Morgan fingerprint density at radius 2 is 2.11 bits per heavy atom. The number of thiocarbonyl (C=S) groups is 1.